The van der Waals surface area contributed by atoms with Crippen molar-refractivity contribution < 1.29 is 18.2 Å². The molecule has 0 fully saturated rings. The van der Waals surface area contributed by atoms with Crippen molar-refractivity contribution in [2.45, 2.75) is 18.2 Å². The molecule has 32 heavy (non-hydrogen) atoms. The van der Waals surface area contributed by atoms with Gasteiger partial charge in [-0.25, -0.2) is 8.60 Å². The first-order valence-corrected chi connectivity index (χ1v) is 11.5. The van der Waals surface area contributed by atoms with Gasteiger partial charge >= 0.3 is 0 Å². The minimum Gasteiger partial charge on any atom is -0.348 e. The number of carbonyl (C=O) groups excluding carboxylic acids is 2. The zero-order valence-electron chi connectivity index (χ0n) is 17.2. The van der Waals surface area contributed by atoms with Crippen molar-refractivity contribution in [3.8, 4) is 0 Å². The highest BCUT2D eigenvalue weighted by Gasteiger charge is 2.37. The average Bonchev–Trinajstić information content (AvgIpc) is 2.79. The molecule has 0 bridgehead atoms. The lowest BCUT2D eigenvalue weighted by atomic mass is 9.98. The number of fused-ring (bicyclic) bond motifs is 1. The molecule has 2 unspecified atom stereocenters. The zero-order valence-corrected chi connectivity index (χ0v) is 18.8. The number of hydrogen-bond acceptors (Lipinski definition) is 3. The first kappa shape index (κ1) is 22.2. The van der Waals surface area contributed by atoms with Crippen LogP contribution in [0.3, 0.4) is 0 Å². The second kappa shape index (κ2) is 9.22. The number of benzene rings is 3. The van der Waals surface area contributed by atoms with Gasteiger partial charge in [0.2, 0.25) is 0 Å². The summed E-state index contributed by atoms with van der Waals surface area (Å²) in [6.07, 6.45) is 0.275. The molecule has 5 nitrogen and oxygen atoms in total. The van der Waals surface area contributed by atoms with E-state index in [2.05, 4.69) is 5.32 Å². The molecule has 164 valence electrons. The van der Waals surface area contributed by atoms with E-state index in [9.17, 15) is 18.2 Å². The number of anilines is 1. The van der Waals surface area contributed by atoms with Crippen LogP contribution in [0.4, 0.5) is 10.1 Å². The molecule has 0 aromatic heterocycles. The van der Waals surface area contributed by atoms with Crippen LogP contribution in [0.5, 0.6) is 0 Å². The van der Waals surface area contributed by atoms with E-state index in [1.165, 1.54) is 18.2 Å². The molecule has 1 N–H and O–H groups in total. The van der Waals surface area contributed by atoms with E-state index in [1.54, 1.807) is 53.8 Å². The van der Waals surface area contributed by atoms with Crippen molar-refractivity contribution in [3.63, 3.8) is 0 Å². The summed E-state index contributed by atoms with van der Waals surface area (Å²) in [6, 6.07) is 17.7. The second-order valence-electron chi connectivity index (χ2n) is 7.50. The lowest BCUT2D eigenvalue weighted by Gasteiger charge is -2.31. The molecule has 0 spiro atoms. The number of ketones is 1. The van der Waals surface area contributed by atoms with Crippen molar-refractivity contribution in [1.82, 2.24) is 5.32 Å². The highest BCUT2D eigenvalue weighted by atomic mass is 35.5. The summed E-state index contributed by atoms with van der Waals surface area (Å²) in [6.45, 7) is 0.228. The van der Waals surface area contributed by atoms with Gasteiger partial charge in [-0.05, 0) is 60.0 Å². The highest BCUT2D eigenvalue weighted by Crippen LogP contribution is 2.32. The van der Waals surface area contributed by atoms with Gasteiger partial charge in [0, 0.05) is 29.7 Å². The molecule has 0 saturated carbocycles. The molecular formula is C24H20ClFN2O3S. The summed E-state index contributed by atoms with van der Waals surface area (Å²) in [5.41, 5.74) is 2.76. The first-order chi connectivity index (χ1) is 15.3. The maximum atomic E-state index is 13.2. The molecule has 0 saturated heterocycles. The van der Waals surface area contributed by atoms with E-state index in [1.807, 2.05) is 6.07 Å². The average molecular weight is 471 g/mol. The summed E-state index contributed by atoms with van der Waals surface area (Å²) in [7, 11) is 0.108. The Labute approximate surface area is 192 Å². The number of nitrogens with one attached hydrogen (secondary N) is 1. The molecule has 1 aliphatic rings. The quantitative estimate of drug-likeness (QED) is 0.604. The van der Waals surface area contributed by atoms with E-state index >= 15 is 0 Å². The standard InChI is InChI=1S/C24H20ClFN2O3S/c1-28-21-10-7-17(24(30)27-14-15-5-8-19(26)9-6-15)13-20(21)23(29)22(32(28)31)12-16-3-2-4-18(25)11-16/h2-11,13,22H,12,14H2,1H3,(H,27,30). The fourth-order valence-corrected chi connectivity index (χ4v) is 5.22. The van der Waals surface area contributed by atoms with Crippen molar-refractivity contribution in [3.05, 3.63) is 99.8 Å². The van der Waals surface area contributed by atoms with E-state index in [0.717, 1.165) is 11.1 Å². The third-order valence-electron chi connectivity index (χ3n) is 5.35. The van der Waals surface area contributed by atoms with Crippen molar-refractivity contribution in [2.75, 3.05) is 11.4 Å². The van der Waals surface area contributed by atoms with Crippen LogP contribution in [-0.4, -0.2) is 28.2 Å². The molecule has 0 radical (unpaired) electrons. The smallest absolute Gasteiger partial charge is 0.251 e. The molecule has 0 aliphatic carbocycles. The first-order valence-electron chi connectivity index (χ1n) is 9.93. The molecule has 3 aromatic carbocycles. The Morgan fingerprint density at radius 2 is 1.84 bits per heavy atom. The monoisotopic (exact) mass is 470 g/mol. The number of rotatable bonds is 5. The van der Waals surface area contributed by atoms with Crippen molar-refractivity contribution in [1.29, 1.82) is 0 Å². The lowest BCUT2D eigenvalue weighted by molar-refractivity contribution is 0.0951. The van der Waals surface area contributed by atoms with Crippen molar-refractivity contribution >= 4 is 40.0 Å². The largest absolute Gasteiger partial charge is 0.348 e. The molecule has 3 aromatic rings. The van der Waals surface area contributed by atoms with Gasteiger partial charge in [-0.3, -0.25) is 13.9 Å². The van der Waals surface area contributed by atoms with Crippen LogP contribution < -0.4 is 9.62 Å². The molecule has 1 aliphatic heterocycles. The minimum absolute atomic E-state index is 0.228. The molecule has 8 heteroatoms. The predicted molar refractivity (Wildman–Crippen MR) is 124 cm³/mol. The summed E-state index contributed by atoms with van der Waals surface area (Å²) in [4.78, 5) is 25.9. The summed E-state index contributed by atoms with van der Waals surface area (Å²) >= 11 is 6.05. The SMILES string of the molecule is CN1c2ccc(C(=O)NCc3ccc(F)cc3)cc2C(=O)C(Cc2cccc(Cl)c2)S1=O. The fourth-order valence-electron chi connectivity index (χ4n) is 3.63. The van der Waals surface area contributed by atoms with Gasteiger partial charge in [0.15, 0.2) is 5.78 Å². The van der Waals surface area contributed by atoms with Crippen LogP contribution >= 0.6 is 11.6 Å². The van der Waals surface area contributed by atoms with Gasteiger partial charge in [-0.1, -0.05) is 35.9 Å². The third kappa shape index (κ3) is 4.59. The molecule has 4 rings (SSSR count). The fraction of sp³-hybridized carbons (Fsp3) is 0.167. The molecular weight excluding hydrogens is 451 g/mol. The third-order valence-corrected chi connectivity index (χ3v) is 7.18. The van der Waals surface area contributed by atoms with Crippen molar-refractivity contribution in [2.24, 2.45) is 0 Å². The Balaban J connectivity index is 1.55. The van der Waals surface area contributed by atoms with Gasteiger partial charge < -0.3 is 5.32 Å². The Morgan fingerprint density at radius 3 is 2.56 bits per heavy atom. The van der Waals surface area contributed by atoms with Crippen LogP contribution in [0.2, 0.25) is 5.02 Å². The number of Topliss-reactive ketones (excluding diaryl/α,β-unsaturated/α-hetero) is 1. The van der Waals surface area contributed by atoms with Crippen LogP contribution in [0.25, 0.3) is 0 Å². The maximum absolute atomic E-state index is 13.2. The van der Waals surface area contributed by atoms with E-state index in [4.69, 9.17) is 11.6 Å². The lowest BCUT2D eigenvalue weighted by Crippen LogP contribution is -2.42. The normalized spacial score (nSPS) is 17.7. The van der Waals surface area contributed by atoms with Gasteiger partial charge in [0.25, 0.3) is 5.91 Å². The molecule has 1 amide bonds. The summed E-state index contributed by atoms with van der Waals surface area (Å²) in [5.74, 6) is -0.975. The van der Waals surface area contributed by atoms with Gasteiger partial charge in [-0.15, -0.1) is 0 Å². The Bertz CT molecular complexity index is 1220. The van der Waals surface area contributed by atoms with Crippen LogP contribution in [-0.2, 0) is 24.0 Å². The molecule has 2 atom stereocenters. The Kier molecular flexibility index (Phi) is 6.39. The Hall–Kier alpha value is -3.03. The number of amides is 1. The van der Waals surface area contributed by atoms with Crippen LogP contribution in [0.15, 0.2) is 66.7 Å². The van der Waals surface area contributed by atoms with Gasteiger partial charge in [0.1, 0.15) is 22.1 Å². The minimum atomic E-state index is -1.56. The highest BCUT2D eigenvalue weighted by molar-refractivity contribution is 7.88. The van der Waals surface area contributed by atoms with Crippen LogP contribution in [0, 0.1) is 5.82 Å². The second-order valence-corrected chi connectivity index (χ2v) is 9.61. The summed E-state index contributed by atoms with van der Waals surface area (Å²) < 4.78 is 27.6. The van der Waals surface area contributed by atoms with Gasteiger partial charge in [-0.2, -0.15) is 0 Å². The topological polar surface area (TPSA) is 66.5 Å². The number of hydrogen-bond donors (Lipinski definition) is 1. The number of nitrogens with zero attached hydrogens (tertiary/aromatic N) is 1. The van der Waals surface area contributed by atoms with E-state index in [-0.39, 0.29) is 30.5 Å². The number of halogens is 2. The zero-order chi connectivity index (χ0) is 22.8. The Morgan fingerprint density at radius 1 is 1.09 bits per heavy atom. The number of carbonyl (C=O) groups is 2. The maximum Gasteiger partial charge on any atom is 0.251 e. The predicted octanol–water partition coefficient (Wildman–Crippen LogP) is 4.32. The van der Waals surface area contributed by atoms with E-state index < -0.39 is 16.2 Å². The van der Waals surface area contributed by atoms with Gasteiger partial charge in [0.05, 0.1) is 5.69 Å². The molecule has 1 heterocycles. The summed E-state index contributed by atoms with van der Waals surface area (Å²) in [5, 5.41) is 2.54. The van der Waals surface area contributed by atoms with E-state index in [0.29, 0.717) is 21.8 Å². The van der Waals surface area contributed by atoms with Crippen LogP contribution in [0.1, 0.15) is 31.8 Å².